The molecule has 2 nitrogen and oxygen atoms in total. The standard InChI is InChI=1S/C73H46N2S/c1-3-20-47(21-4-1)48-38-40-50(41-39-48)74(69-36-19-32-61-55-27-10-9-26-54(55)59-30-13-17-35-68(59)75(72(61)69)49-22-5-2-6-23-49)51-42-43-58-53-25-8-7-24-52(53)56-28-11-15-33-64(56)73(66(58)44-51)65-34-16-12-29-57(65)62-46-71-63(45-67(62)73)60-31-14-18-37-70(60)76-71/h1-46H. The van der Waals surface area contributed by atoms with Crippen molar-refractivity contribution >= 4 is 65.6 Å². The van der Waals surface area contributed by atoms with Crippen LogP contribution in [0, 0.1) is 0 Å². The highest BCUT2D eigenvalue weighted by atomic mass is 32.1. The summed E-state index contributed by atoms with van der Waals surface area (Å²) in [5, 5.41) is 2.61. The van der Waals surface area contributed by atoms with Crippen molar-refractivity contribution < 1.29 is 0 Å². The topological polar surface area (TPSA) is 6.48 Å². The SMILES string of the molecule is c1ccc(-c2ccc(N(c3ccc4c(c3)C3(c5ccccc5-c5ccccc5-4)c4ccccc4-c4cc5sc6ccccc6c5cc43)c3cccc4c3N(c3ccccc3)c3ccccc3-c3ccccc3-4)cc2)cc1. The number of thiophene rings is 1. The first-order valence-corrected chi connectivity index (χ1v) is 27.1. The quantitative estimate of drug-likeness (QED) is 0.170. The fourth-order valence-corrected chi connectivity index (χ4v) is 14.4. The van der Waals surface area contributed by atoms with Crippen LogP contribution in [-0.2, 0) is 5.41 Å². The highest BCUT2D eigenvalue weighted by Crippen LogP contribution is 2.64. The van der Waals surface area contributed by atoms with Crippen molar-refractivity contribution in [1.29, 1.82) is 0 Å². The van der Waals surface area contributed by atoms with Crippen molar-refractivity contribution in [1.82, 2.24) is 0 Å². The van der Waals surface area contributed by atoms with Crippen LogP contribution >= 0.6 is 11.3 Å². The van der Waals surface area contributed by atoms with Gasteiger partial charge in [-0.05, 0) is 145 Å². The number of nitrogens with zero attached hydrogens (tertiary/aromatic N) is 2. The molecule has 0 saturated carbocycles. The second kappa shape index (κ2) is 16.7. The lowest BCUT2D eigenvalue weighted by molar-refractivity contribution is 0.776. The molecule has 1 atom stereocenters. The molecular formula is C73H46N2S. The van der Waals surface area contributed by atoms with Crippen LogP contribution in [0.3, 0.4) is 0 Å². The van der Waals surface area contributed by atoms with E-state index in [0.29, 0.717) is 0 Å². The van der Waals surface area contributed by atoms with Crippen molar-refractivity contribution in [2.45, 2.75) is 5.41 Å². The van der Waals surface area contributed by atoms with E-state index in [1.807, 2.05) is 11.3 Å². The van der Waals surface area contributed by atoms with Gasteiger partial charge in [-0.25, -0.2) is 0 Å². The Bertz CT molecular complexity index is 4480. The molecule has 1 spiro atoms. The molecule has 13 aromatic rings. The van der Waals surface area contributed by atoms with Gasteiger partial charge in [0, 0.05) is 48.4 Å². The number of hydrogen-bond donors (Lipinski definition) is 0. The van der Waals surface area contributed by atoms with Crippen LogP contribution in [0.15, 0.2) is 279 Å². The summed E-state index contributed by atoms with van der Waals surface area (Å²) >= 11 is 1.90. The van der Waals surface area contributed by atoms with Gasteiger partial charge in [0.1, 0.15) is 0 Å². The normalized spacial score (nSPS) is 14.3. The lowest BCUT2D eigenvalue weighted by Crippen LogP contribution is -2.29. The molecule has 0 N–H and O–H groups in total. The lowest BCUT2D eigenvalue weighted by Gasteiger charge is -2.37. The molecule has 3 heteroatoms. The van der Waals surface area contributed by atoms with Gasteiger partial charge in [0.15, 0.2) is 0 Å². The Morgan fingerprint density at radius 1 is 0.303 bits per heavy atom. The number of rotatable bonds is 5. The van der Waals surface area contributed by atoms with E-state index in [1.165, 1.54) is 109 Å². The Hall–Kier alpha value is -9.54. The van der Waals surface area contributed by atoms with Gasteiger partial charge < -0.3 is 9.80 Å². The fourth-order valence-electron chi connectivity index (χ4n) is 13.3. The van der Waals surface area contributed by atoms with E-state index in [0.717, 1.165) is 34.1 Å². The zero-order valence-corrected chi connectivity index (χ0v) is 42.2. The van der Waals surface area contributed by atoms with E-state index in [1.54, 1.807) is 0 Å². The minimum Gasteiger partial charge on any atom is -0.308 e. The van der Waals surface area contributed by atoms with E-state index in [4.69, 9.17) is 0 Å². The van der Waals surface area contributed by atoms with Gasteiger partial charge in [0.25, 0.3) is 0 Å². The molecule has 0 fully saturated rings. The number of hydrogen-bond acceptors (Lipinski definition) is 3. The Morgan fingerprint density at radius 2 is 0.816 bits per heavy atom. The molecule has 0 radical (unpaired) electrons. The van der Waals surface area contributed by atoms with Gasteiger partial charge in [-0.1, -0.05) is 212 Å². The maximum atomic E-state index is 2.57. The monoisotopic (exact) mass is 982 g/mol. The van der Waals surface area contributed by atoms with Gasteiger partial charge in [-0.3, -0.25) is 0 Å². The molecule has 0 saturated heterocycles. The zero-order chi connectivity index (χ0) is 49.9. The molecule has 12 aromatic carbocycles. The van der Waals surface area contributed by atoms with Gasteiger partial charge in [0.05, 0.1) is 22.5 Å². The maximum Gasteiger partial charge on any atom is 0.0781 e. The number of fused-ring (bicyclic) bond motifs is 20. The number of anilines is 6. The molecule has 2 heterocycles. The summed E-state index contributed by atoms with van der Waals surface area (Å²) in [6.45, 7) is 0. The summed E-state index contributed by atoms with van der Waals surface area (Å²) < 4.78 is 2.62. The van der Waals surface area contributed by atoms with E-state index in [2.05, 4.69) is 289 Å². The molecule has 3 aliphatic rings. The minimum atomic E-state index is -0.700. The van der Waals surface area contributed by atoms with Gasteiger partial charge in [0.2, 0.25) is 0 Å². The predicted molar refractivity (Wildman–Crippen MR) is 320 cm³/mol. The summed E-state index contributed by atoms with van der Waals surface area (Å²) in [5.74, 6) is 0. The van der Waals surface area contributed by atoms with E-state index >= 15 is 0 Å². The first-order chi connectivity index (χ1) is 37.7. The van der Waals surface area contributed by atoms with Crippen LogP contribution in [0.1, 0.15) is 22.3 Å². The molecule has 0 amide bonds. The molecule has 16 rings (SSSR count). The average Bonchev–Trinajstić information content (AvgIpc) is 4.04. The van der Waals surface area contributed by atoms with Gasteiger partial charge >= 0.3 is 0 Å². The van der Waals surface area contributed by atoms with Crippen LogP contribution < -0.4 is 9.80 Å². The second-order valence-electron chi connectivity index (χ2n) is 20.3. The largest absolute Gasteiger partial charge is 0.308 e. The summed E-state index contributed by atoms with van der Waals surface area (Å²) in [5.41, 5.74) is 25.7. The van der Waals surface area contributed by atoms with Crippen LogP contribution in [0.2, 0.25) is 0 Å². The van der Waals surface area contributed by atoms with E-state index < -0.39 is 5.41 Å². The molecule has 1 aliphatic heterocycles. The molecular weight excluding hydrogens is 937 g/mol. The van der Waals surface area contributed by atoms with Crippen molar-refractivity contribution in [3.05, 3.63) is 301 Å². The van der Waals surface area contributed by atoms with E-state index in [-0.39, 0.29) is 0 Å². The summed E-state index contributed by atoms with van der Waals surface area (Å²) in [6.07, 6.45) is 0. The Morgan fingerprint density at radius 3 is 1.54 bits per heavy atom. The van der Waals surface area contributed by atoms with Crippen molar-refractivity contribution in [2.24, 2.45) is 0 Å². The molecule has 0 bridgehead atoms. The zero-order valence-electron chi connectivity index (χ0n) is 41.4. The van der Waals surface area contributed by atoms with Crippen molar-refractivity contribution in [3.63, 3.8) is 0 Å². The second-order valence-corrected chi connectivity index (χ2v) is 21.3. The van der Waals surface area contributed by atoms with Crippen LogP contribution in [0.4, 0.5) is 34.1 Å². The van der Waals surface area contributed by atoms with Crippen molar-refractivity contribution in [3.8, 4) is 66.8 Å². The number of para-hydroxylation sites is 3. The van der Waals surface area contributed by atoms with E-state index in [9.17, 15) is 0 Å². The first kappa shape index (κ1) is 42.9. The first-order valence-electron chi connectivity index (χ1n) is 26.2. The lowest BCUT2D eigenvalue weighted by atomic mass is 9.65. The minimum absolute atomic E-state index is 0.700. The maximum absolute atomic E-state index is 2.57. The van der Waals surface area contributed by atoms with Crippen LogP contribution in [0.5, 0.6) is 0 Å². The molecule has 76 heavy (non-hydrogen) atoms. The van der Waals surface area contributed by atoms with Crippen LogP contribution in [-0.4, -0.2) is 0 Å². The summed E-state index contributed by atoms with van der Waals surface area (Å²) in [4.78, 5) is 5.04. The Labute approximate surface area is 446 Å². The Kier molecular flexibility index (Phi) is 9.45. The summed E-state index contributed by atoms with van der Waals surface area (Å²) in [7, 11) is 0. The molecule has 354 valence electrons. The third kappa shape index (κ3) is 6.15. The predicted octanol–water partition coefficient (Wildman–Crippen LogP) is 20.3. The molecule has 1 aromatic heterocycles. The summed E-state index contributed by atoms with van der Waals surface area (Å²) in [6, 6.07) is 105. The third-order valence-electron chi connectivity index (χ3n) is 16.4. The number of benzene rings is 12. The Balaban J connectivity index is 1.04. The molecule has 1 unspecified atom stereocenters. The fraction of sp³-hybridized carbons (Fsp3) is 0.0137. The highest BCUT2D eigenvalue weighted by molar-refractivity contribution is 7.25. The average molecular weight is 983 g/mol. The van der Waals surface area contributed by atoms with Crippen molar-refractivity contribution in [2.75, 3.05) is 9.80 Å². The smallest absolute Gasteiger partial charge is 0.0781 e. The third-order valence-corrected chi connectivity index (χ3v) is 17.6. The van der Waals surface area contributed by atoms with Crippen LogP contribution in [0.25, 0.3) is 86.9 Å². The van der Waals surface area contributed by atoms with Gasteiger partial charge in [-0.2, -0.15) is 0 Å². The highest BCUT2D eigenvalue weighted by Gasteiger charge is 2.50. The molecule has 2 aliphatic carbocycles. The van der Waals surface area contributed by atoms with Gasteiger partial charge in [-0.15, -0.1) is 11.3 Å².